The van der Waals surface area contributed by atoms with Gasteiger partial charge in [-0.25, -0.2) is 4.79 Å². The maximum atomic E-state index is 13.3. The molecule has 2 bridgehead atoms. The van der Waals surface area contributed by atoms with Gasteiger partial charge in [0.2, 0.25) is 0 Å². The van der Waals surface area contributed by atoms with Crippen LogP contribution in [-0.4, -0.2) is 42.1 Å². The van der Waals surface area contributed by atoms with Crippen molar-refractivity contribution >= 4 is 29.3 Å². The lowest BCUT2D eigenvalue weighted by molar-refractivity contribution is -0.139. The van der Waals surface area contributed by atoms with Crippen molar-refractivity contribution in [3.8, 4) is 5.75 Å². The number of carbonyl (C=O) groups excluding carboxylic acids is 1. The molecule has 3 saturated heterocycles. The minimum absolute atomic E-state index is 0. The molecule has 6 rings (SSSR count). The fourth-order valence-corrected chi connectivity index (χ4v) is 6.56. The van der Waals surface area contributed by atoms with Crippen LogP contribution in [0.15, 0.2) is 27.4 Å². The first-order valence-electron chi connectivity index (χ1n) is 11.4. The van der Waals surface area contributed by atoms with Gasteiger partial charge in [-0.05, 0) is 75.0 Å². The summed E-state index contributed by atoms with van der Waals surface area (Å²) >= 11 is 0. The van der Waals surface area contributed by atoms with Crippen LogP contribution in [0.4, 0.5) is 0 Å². The molecule has 4 heterocycles. The molecule has 3 aliphatic heterocycles. The number of ether oxygens (including phenoxy) is 1. The average molecular weight is 445 g/mol. The SMILES string of the molecule is CC(Oc1ccc2c3c(c(=O)oc2c1)CCCC3)C(=O)N1[C@@H]2CC[C@H]1[C@H]1CNC[C@H]12.Cl. The van der Waals surface area contributed by atoms with E-state index in [2.05, 4.69) is 10.2 Å². The van der Waals surface area contributed by atoms with Crippen molar-refractivity contribution in [3.05, 3.63) is 39.7 Å². The molecule has 1 aromatic heterocycles. The third kappa shape index (κ3) is 3.18. The van der Waals surface area contributed by atoms with Crippen molar-refractivity contribution in [1.82, 2.24) is 10.2 Å². The minimum atomic E-state index is -0.554. The van der Waals surface area contributed by atoms with Crippen LogP contribution >= 0.6 is 12.4 Å². The van der Waals surface area contributed by atoms with Gasteiger partial charge in [-0.15, -0.1) is 12.4 Å². The molecule has 166 valence electrons. The highest BCUT2D eigenvalue weighted by atomic mass is 35.5. The lowest BCUT2D eigenvalue weighted by Gasteiger charge is -2.28. The second-order valence-corrected chi connectivity index (χ2v) is 9.42. The van der Waals surface area contributed by atoms with Crippen molar-refractivity contribution in [2.45, 2.75) is 63.6 Å². The molecule has 6 nitrogen and oxygen atoms in total. The Kier molecular flexibility index (Phi) is 5.25. The zero-order chi connectivity index (χ0) is 20.4. The number of fused-ring (bicyclic) bond motifs is 8. The largest absolute Gasteiger partial charge is 0.481 e. The molecule has 1 amide bonds. The van der Waals surface area contributed by atoms with Crippen molar-refractivity contribution < 1.29 is 13.9 Å². The van der Waals surface area contributed by atoms with Gasteiger partial charge >= 0.3 is 5.63 Å². The molecule has 0 spiro atoms. The van der Waals surface area contributed by atoms with Crippen LogP contribution in [0.2, 0.25) is 0 Å². The standard InChI is InChI=1S/C24H28N2O4.ClH/c1-13(23(27)26-20-8-9-21(26)19-12-25-11-18(19)20)29-14-6-7-16-15-4-2-3-5-17(15)24(28)30-22(16)10-14;/h6-7,10,13,18-21,25H,2-5,8-9,11-12H2,1H3;1H/t13?,18-,19+,20-,21+;. The van der Waals surface area contributed by atoms with E-state index in [1.54, 1.807) is 6.07 Å². The topological polar surface area (TPSA) is 71.8 Å². The van der Waals surface area contributed by atoms with Crippen molar-refractivity contribution in [1.29, 1.82) is 0 Å². The van der Waals surface area contributed by atoms with Gasteiger partial charge in [0.1, 0.15) is 11.3 Å². The highest BCUT2D eigenvalue weighted by Gasteiger charge is 2.56. The Labute approximate surface area is 187 Å². The van der Waals surface area contributed by atoms with Crippen LogP contribution in [0.5, 0.6) is 5.75 Å². The van der Waals surface area contributed by atoms with Crippen molar-refractivity contribution in [2.75, 3.05) is 13.1 Å². The van der Waals surface area contributed by atoms with Crippen molar-refractivity contribution in [2.24, 2.45) is 11.8 Å². The zero-order valence-corrected chi connectivity index (χ0v) is 18.6. The number of rotatable bonds is 3. The van der Waals surface area contributed by atoms with E-state index in [1.165, 1.54) is 0 Å². The molecule has 2 aromatic rings. The van der Waals surface area contributed by atoms with Gasteiger partial charge in [-0.1, -0.05) is 0 Å². The normalized spacial score (nSPS) is 29.4. The molecule has 4 aliphatic rings. The van der Waals surface area contributed by atoms with E-state index >= 15 is 0 Å². The number of hydrogen-bond acceptors (Lipinski definition) is 5. The Morgan fingerprint density at radius 3 is 2.52 bits per heavy atom. The van der Waals surface area contributed by atoms with Crippen LogP contribution in [0.1, 0.15) is 43.7 Å². The van der Waals surface area contributed by atoms with E-state index in [1.807, 2.05) is 19.1 Å². The molecule has 3 fully saturated rings. The van der Waals surface area contributed by atoms with E-state index in [4.69, 9.17) is 9.15 Å². The molecule has 31 heavy (non-hydrogen) atoms. The number of nitrogens with one attached hydrogen (secondary N) is 1. The number of halogens is 1. The summed E-state index contributed by atoms with van der Waals surface area (Å²) < 4.78 is 11.7. The van der Waals surface area contributed by atoms with Gasteiger partial charge < -0.3 is 19.4 Å². The smallest absolute Gasteiger partial charge is 0.339 e. The van der Waals surface area contributed by atoms with Crippen LogP contribution in [0.25, 0.3) is 11.0 Å². The summed E-state index contributed by atoms with van der Waals surface area (Å²) in [5.41, 5.74) is 2.28. The van der Waals surface area contributed by atoms with Gasteiger partial charge in [0.15, 0.2) is 6.10 Å². The number of nitrogens with zero attached hydrogens (tertiary/aromatic N) is 1. The van der Waals surface area contributed by atoms with E-state index in [9.17, 15) is 9.59 Å². The molecule has 5 atom stereocenters. The molecule has 1 aliphatic carbocycles. The van der Waals surface area contributed by atoms with E-state index in [0.717, 1.165) is 68.1 Å². The number of amides is 1. The summed E-state index contributed by atoms with van der Waals surface area (Å²) in [6.07, 6.45) is 5.53. The number of aryl methyl sites for hydroxylation is 1. The summed E-state index contributed by atoms with van der Waals surface area (Å²) in [6.45, 7) is 3.89. The van der Waals surface area contributed by atoms with Crippen LogP contribution in [0.3, 0.4) is 0 Å². The van der Waals surface area contributed by atoms with Crippen molar-refractivity contribution in [3.63, 3.8) is 0 Å². The lowest BCUT2D eigenvalue weighted by atomic mass is 9.82. The lowest BCUT2D eigenvalue weighted by Crippen LogP contribution is -2.45. The average Bonchev–Trinajstić information content (AvgIpc) is 3.46. The van der Waals surface area contributed by atoms with Gasteiger partial charge in [0.05, 0.1) is 0 Å². The summed E-state index contributed by atoms with van der Waals surface area (Å²) in [5.74, 6) is 1.86. The van der Waals surface area contributed by atoms with Gasteiger partial charge in [0, 0.05) is 42.2 Å². The molecule has 1 unspecified atom stereocenters. The van der Waals surface area contributed by atoms with E-state index < -0.39 is 6.10 Å². The summed E-state index contributed by atoms with van der Waals surface area (Å²) in [4.78, 5) is 27.8. The zero-order valence-electron chi connectivity index (χ0n) is 17.8. The highest BCUT2D eigenvalue weighted by molar-refractivity contribution is 5.85. The summed E-state index contributed by atoms with van der Waals surface area (Å²) in [6, 6.07) is 6.36. The second kappa shape index (κ2) is 7.82. The molecule has 1 N–H and O–H groups in total. The Bertz CT molecular complexity index is 1070. The first kappa shape index (κ1) is 20.8. The van der Waals surface area contributed by atoms with E-state index in [-0.39, 0.29) is 23.9 Å². The third-order valence-corrected chi connectivity index (χ3v) is 7.88. The Morgan fingerprint density at radius 2 is 1.81 bits per heavy atom. The minimum Gasteiger partial charge on any atom is -0.481 e. The molecule has 0 saturated carbocycles. The van der Waals surface area contributed by atoms with E-state index in [0.29, 0.717) is 35.3 Å². The Hall–Kier alpha value is -2.05. The third-order valence-electron chi connectivity index (χ3n) is 7.88. The Morgan fingerprint density at radius 1 is 1.13 bits per heavy atom. The maximum Gasteiger partial charge on any atom is 0.339 e. The number of carbonyl (C=O) groups is 1. The van der Waals surface area contributed by atoms with Crippen LogP contribution in [-0.2, 0) is 17.6 Å². The molecule has 1 aromatic carbocycles. The monoisotopic (exact) mass is 444 g/mol. The first-order chi connectivity index (χ1) is 14.6. The fraction of sp³-hybridized carbons (Fsp3) is 0.583. The second-order valence-electron chi connectivity index (χ2n) is 9.42. The van der Waals surface area contributed by atoms with Crippen LogP contribution in [0, 0.1) is 11.8 Å². The fourth-order valence-electron chi connectivity index (χ4n) is 6.56. The summed E-state index contributed by atoms with van der Waals surface area (Å²) in [5, 5.41) is 4.49. The predicted molar refractivity (Wildman–Crippen MR) is 120 cm³/mol. The number of benzene rings is 1. The highest BCUT2D eigenvalue weighted by Crippen LogP contribution is 2.47. The summed E-state index contributed by atoms with van der Waals surface area (Å²) in [7, 11) is 0. The maximum absolute atomic E-state index is 13.3. The van der Waals surface area contributed by atoms with Crippen LogP contribution < -0.4 is 15.7 Å². The van der Waals surface area contributed by atoms with Gasteiger partial charge in [-0.3, -0.25) is 4.79 Å². The predicted octanol–water partition coefficient (Wildman–Crippen LogP) is 3.07. The Balaban J connectivity index is 0.00000204. The molecule has 0 radical (unpaired) electrons. The number of hydrogen-bond donors (Lipinski definition) is 1. The quantitative estimate of drug-likeness (QED) is 0.736. The van der Waals surface area contributed by atoms with Gasteiger partial charge in [0.25, 0.3) is 5.91 Å². The first-order valence-corrected chi connectivity index (χ1v) is 11.4. The van der Waals surface area contributed by atoms with Gasteiger partial charge in [-0.2, -0.15) is 0 Å². The molecular weight excluding hydrogens is 416 g/mol. The molecule has 7 heteroatoms. The molecular formula is C24H29ClN2O4.